The van der Waals surface area contributed by atoms with Gasteiger partial charge in [-0.2, -0.15) is 37.0 Å². The number of nitrogens with one attached hydrogen (secondary N) is 5. The number of thioether (sulfide) groups is 1. The summed E-state index contributed by atoms with van der Waals surface area (Å²) in [6.45, 7) is 26.3. The Morgan fingerprint density at radius 2 is 1.50 bits per heavy atom. The summed E-state index contributed by atoms with van der Waals surface area (Å²) in [7, 11) is 0. The average molecular weight is 795 g/mol. The first kappa shape index (κ1) is 61.5. The molecule has 52 heavy (non-hydrogen) atoms. The number of nitrogens with two attached hydrogens (primary N) is 1. The van der Waals surface area contributed by atoms with E-state index in [2.05, 4.69) is 79.2 Å². The molecule has 0 bridgehead atoms. The SMILES string of the molecule is C/C=C/C(=O)NCC(=O)NCCS.C=C(N)/C=C\C.CC.CC.CC(=O)CCS.CCCC.CCCCCC1SCC2NC(=O)NC21.CCNC=O. The van der Waals surface area contributed by atoms with Crippen molar-refractivity contribution >= 4 is 67.1 Å². The summed E-state index contributed by atoms with van der Waals surface area (Å²) in [5.41, 5.74) is 5.73. The number of hydrogen-bond donors (Lipinski definition) is 8. The van der Waals surface area contributed by atoms with E-state index in [0.29, 0.717) is 53.9 Å². The minimum atomic E-state index is -0.261. The molecule has 2 heterocycles. The smallest absolute Gasteiger partial charge is 0.315 e. The molecular weight excluding hydrogens is 717 g/mol. The minimum absolute atomic E-state index is 0.0109. The van der Waals surface area contributed by atoms with E-state index in [9.17, 15) is 24.0 Å². The second kappa shape index (κ2) is 52.8. The summed E-state index contributed by atoms with van der Waals surface area (Å²) in [5.74, 6) is 2.10. The highest BCUT2D eigenvalue weighted by molar-refractivity contribution is 8.00. The van der Waals surface area contributed by atoms with Crippen molar-refractivity contribution in [3.63, 3.8) is 0 Å². The number of amides is 5. The molecule has 0 saturated carbocycles. The van der Waals surface area contributed by atoms with Gasteiger partial charge in [0.1, 0.15) is 5.78 Å². The maximum absolute atomic E-state index is 11.1. The number of fused-ring (bicyclic) bond motifs is 1. The lowest BCUT2D eigenvalue weighted by atomic mass is 10.0. The van der Waals surface area contributed by atoms with E-state index in [-0.39, 0.29) is 30.2 Å². The van der Waals surface area contributed by atoms with Crippen molar-refractivity contribution in [2.24, 2.45) is 5.73 Å². The van der Waals surface area contributed by atoms with Gasteiger partial charge in [0.15, 0.2) is 0 Å². The quantitative estimate of drug-likeness (QED) is 0.0220. The molecule has 3 atom stereocenters. The van der Waals surface area contributed by atoms with Gasteiger partial charge in [-0.15, -0.1) is 0 Å². The van der Waals surface area contributed by atoms with Crippen LogP contribution in [0.25, 0.3) is 0 Å². The third-order valence-corrected chi connectivity index (χ3v) is 7.79. The molecule has 308 valence electrons. The van der Waals surface area contributed by atoms with Crippen molar-refractivity contribution in [2.75, 3.05) is 36.9 Å². The van der Waals surface area contributed by atoms with Crippen molar-refractivity contribution in [3.8, 4) is 0 Å². The van der Waals surface area contributed by atoms with Gasteiger partial charge in [0.2, 0.25) is 18.2 Å². The lowest BCUT2D eigenvalue weighted by Gasteiger charge is -2.16. The summed E-state index contributed by atoms with van der Waals surface area (Å²) in [5, 5.41) is 14.1. The van der Waals surface area contributed by atoms with Crippen molar-refractivity contribution in [2.45, 2.75) is 138 Å². The first-order valence-corrected chi connectivity index (χ1v) is 21.0. The summed E-state index contributed by atoms with van der Waals surface area (Å²) in [6, 6.07) is 0.810. The van der Waals surface area contributed by atoms with Crippen molar-refractivity contribution in [3.05, 3.63) is 36.6 Å². The zero-order valence-corrected chi connectivity index (χ0v) is 37.0. The molecule has 2 rings (SSSR count). The fourth-order valence-corrected chi connectivity index (χ4v) is 5.30. The number of thiol groups is 2. The Balaban J connectivity index is -0.000000127. The molecular formula is C38H78N6O5S3. The van der Waals surface area contributed by atoms with Gasteiger partial charge < -0.3 is 32.3 Å². The van der Waals surface area contributed by atoms with Crippen LogP contribution >= 0.6 is 37.0 Å². The second-order valence-corrected chi connectivity index (χ2v) is 12.5. The normalized spacial score (nSPS) is 15.5. The predicted molar refractivity (Wildman–Crippen MR) is 235 cm³/mol. The summed E-state index contributed by atoms with van der Waals surface area (Å²) in [6.07, 6.45) is 15.6. The van der Waals surface area contributed by atoms with E-state index in [1.165, 1.54) is 44.6 Å². The number of hydrogen-bond acceptors (Lipinski definition) is 9. The van der Waals surface area contributed by atoms with Gasteiger partial charge in [-0.1, -0.05) is 99.3 Å². The highest BCUT2D eigenvalue weighted by atomic mass is 32.2. The molecule has 7 N–H and O–H groups in total. The molecule has 2 saturated heterocycles. The van der Waals surface area contributed by atoms with E-state index >= 15 is 0 Å². The lowest BCUT2D eigenvalue weighted by Crippen LogP contribution is -2.36. The summed E-state index contributed by atoms with van der Waals surface area (Å²) >= 11 is 9.77. The topological polar surface area (TPSA) is 172 Å². The van der Waals surface area contributed by atoms with E-state index in [1.807, 2.05) is 59.4 Å². The van der Waals surface area contributed by atoms with Crippen molar-refractivity contribution in [1.29, 1.82) is 0 Å². The minimum Gasteiger partial charge on any atom is -0.399 e. The fraction of sp³-hybridized carbons (Fsp3) is 0.711. The van der Waals surface area contributed by atoms with Gasteiger partial charge in [0, 0.05) is 42.0 Å². The number of rotatable bonds is 15. The first-order valence-electron chi connectivity index (χ1n) is 18.7. The first-order chi connectivity index (χ1) is 24.9. The molecule has 2 aliphatic heterocycles. The Kier molecular flexibility index (Phi) is 62.4. The number of urea groups is 1. The van der Waals surface area contributed by atoms with Crippen LogP contribution in [0.2, 0.25) is 0 Å². The fourth-order valence-electron chi connectivity index (χ4n) is 3.33. The second-order valence-electron chi connectivity index (χ2n) is 10.3. The molecule has 2 fully saturated rings. The monoisotopic (exact) mass is 795 g/mol. The predicted octanol–water partition coefficient (Wildman–Crippen LogP) is 7.00. The molecule has 0 spiro atoms. The maximum atomic E-state index is 11.1. The van der Waals surface area contributed by atoms with Gasteiger partial charge in [-0.05, 0) is 52.0 Å². The number of carbonyl (C=O) groups excluding carboxylic acids is 5. The molecule has 11 nitrogen and oxygen atoms in total. The van der Waals surface area contributed by atoms with Crippen molar-refractivity contribution < 1.29 is 24.0 Å². The standard InChI is InChI=1S/C10H18N2OS.C8H14N2O2S.C5H9N.C4H8OS.C4H10.C3H7NO.2C2H6/c1-2-3-4-5-8-9-7(6-14-8)11-10(13)12-9;1-2-3-7(11)10-6-8(12)9-4-5-13;1-3-4-5(2)6;1-4(5)2-3-6;1-3-4-2;1-2-4-3-5;2*1-2/h7-9H,2-6H2,1H3,(H2,11,12,13);2-3,13H,4-6H2,1H3,(H,9,12)(H,10,11);3-4H,2,6H2,1H3;6H,2-3H2,1H3;3-4H2,1-2H3;3H,2H2,1H3,(H,4,5);2*1-2H3/b;3-2+;4-3-;;;;;. The highest BCUT2D eigenvalue weighted by Gasteiger charge is 2.42. The molecule has 0 aromatic carbocycles. The summed E-state index contributed by atoms with van der Waals surface area (Å²) in [4.78, 5) is 52.1. The Hall–Kier alpha value is -2.58. The Morgan fingerprint density at radius 3 is 1.85 bits per heavy atom. The van der Waals surface area contributed by atoms with Gasteiger partial charge in [0.25, 0.3) is 0 Å². The van der Waals surface area contributed by atoms with E-state index < -0.39 is 0 Å². The third-order valence-electron chi connectivity index (χ3n) is 5.84. The lowest BCUT2D eigenvalue weighted by molar-refractivity contribution is -0.123. The zero-order valence-electron chi connectivity index (χ0n) is 34.4. The van der Waals surface area contributed by atoms with Gasteiger partial charge in [-0.3, -0.25) is 19.2 Å². The molecule has 0 aromatic rings. The van der Waals surface area contributed by atoms with Crippen LogP contribution in [-0.4, -0.2) is 84.3 Å². The van der Waals surface area contributed by atoms with Crippen molar-refractivity contribution in [1.82, 2.24) is 26.6 Å². The van der Waals surface area contributed by atoms with Crippen LogP contribution < -0.4 is 32.3 Å². The number of unbranched alkanes of at least 4 members (excludes halogenated alkanes) is 3. The van der Waals surface area contributed by atoms with Crippen LogP contribution in [0.15, 0.2) is 36.6 Å². The Bertz CT molecular complexity index is 906. The Morgan fingerprint density at radius 1 is 0.923 bits per heavy atom. The number of ketones is 1. The van der Waals surface area contributed by atoms with Crippen LogP contribution in [0.3, 0.4) is 0 Å². The highest BCUT2D eigenvalue weighted by Crippen LogP contribution is 2.33. The zero-order chi connectivity index (χ0) is 41.6. The average Bonchev–Trinajstić information content (AvgIpc) is 3.69. The van der Waals surface area contributed by atoms with Crippen LogP contribution in [0.4, 0.5) is 4.79 Å². The Labute approximate surface area is 334 Å². The number of Topliss-reactive ketones (excluding diaryl/α,β-unsaturated/α-hetero) is 1. The van der Waals surface area contributed by atoms with Crippen LogP contribution in [-0.2, 0) is 19.2 Å². The number of allylic oxidation sites excluding steroid dienone is 3. The van der Waals surface area contributed by atoms with E-state index in [1.54, 1.807) is 26.0 Å². The van der Waals surface area contributed by atoms with Gasteiger partial charge in [-0.25, -0.2) is 4.79 Å². The molecule has 2 aliphatic rings. The number of carbonyl (C=O) groups is 5. The van der Waals surface area contributed by atoms with Crippen LogP contribution in [0, 0.1) is 0 Å². The van der Waals surface area contributed by atoms with Crippen LogP contribution in [0.1, 0.15) is 121 Å². The molecule has 0 radical (unpaired) electrons. The largest absolute Gasteiger partial charge is 0.399 e. The molecule has 0 aromatic heterocycles. The van der Waals surface area contributed by atoms with Crippen LogP contribution in [0.5, 0.6) is 0 Å². The molecule has 5 amide bonds. The van der Waals surface area contributed by atoms with Gasteiger partial charge in [0.05, 0.1) is 18.6 Å². The maximum Gasteiger partial charge on any atom is 0.315 e. The molecule has 3 unspecified atom stereocenters. The molecule has 14 heteroatoms. The molecule has 0 aliphatic carbocycles. The van der Waals surface area contributed by atoms with E-state index in [0.717, 1.165) is 12.3 Å². The third kappa shape index (κ3) is 51.8. The summed E-state index contributed by atoms with van der Waals surface area (Å²) < 4.78 is 0. The van der Waals surface area contributed by atoms with E-state index in [4.69, 9.17) is 5.73 Å². The van der Waals surface area contributed by atoms with Gasteiger partial charge >= 0.3 is 6.03 Å².